The summed E-state index contributed by atoms with van der Waals surface area (Å²) in [5.74, 6) is -0.00755. The maximum absolute atomic E-state index is 13.3. The zero-order chi connectivity index (χ0) is 10.1. The average Bonchev–Trinajstić information content (AvgIpc) is 2.18. The second kappa shape index (κ2) is 3.50. The Morgan fingerprint density at radius 3 is 2.71 bits per heavy atom. The zero-order valence-electron chi connectivity index (χ0n) is 7.62. The van der Waals surface area contributed by atoms with Gasteiger partial charge in [-0.05, 0) is 41.3 Å². The molecule has 0 saturated heterocycles. The molecule has 0 aliphatic carbocycles. The Morgan fingerprint density at radius 2 is 2.00 bits per heavy atom. The molecule has 2 aromatic rings. The topological polar surface area (TPSA) is 20.2 Å². The van der Waals surface area contributed by atoms with Gasteiger partial charge in [0.15, 0.2) is 0 Å². The highest BCUT2D eigenvalue weighted by Gasteiger charge is 2.06. The lowest BCUT2D eigenvalue weighted by atomic mass is 10.1. The summed E-state index contributed by atoms with van der Waals surface area (Å²) in [6, 6.07) is 8.04. The molecule has 0 fully saturated rings. The Balaban J connectivity index is 2.82. The first kappa shape index (κ1) is 9.34. The van der Waals surface area contributed by atoms with E-state index < -0.39 is 0 Å². The fourth-order valence-corrected chi connectivity index (χ4v) is 2.14. The van der Waals surface area contributed by atoms with Gasteiger partial charge in [0, 0.05) is 0 Å². The summed E-state index contributed by atoms with van der Waals surface area (Å²) in [4.78, 5) is 0.627. The smallest absolute Gasteiger partial charge is 0.137 e. The van der Waals surface area contributed by atoms with Crippen LogP contribution in [0.1, 0.15) is 0 Å². The van der Waals surface area contributed by atoms with Gasteiger partial charge in [0.2, 0.25) is 0 Å². The fraction of sp³-hybridized carbons (Fsp3) is 0.0909. The van der Waals surface area contributed by atoms with Crippen LogP contribution in [-0.4, -0.2) is 11.4 Å². The number of phenols is 1. The molecular formula is C11H9FOS. The molecule has 14 heavy (non-hydrogen) atoms. The Kier molecular flexibility index (Phi) is 2.33. The monoisotopic (exact) mass is 208 g/mol. The van der Waals surface area contributed by atoms with Crippen LogP contribution in [0.5, 0.6) is 5.75 Å². The molecule has 0 atom stereocenters. The zero-order valence-corrected chi connectivity index (χ0v) is 8.44. The molecular weight excluding hydrogens is 199 g/mol. The summed E-state index contributed by atoms with van der Waals surface area (Å²) < 4.78 is 13.3. The molecule has 2 rings (SSSR count). The first-order chi connectivity index (χ1) is 6.72. The van der Waals surface area contributed by atoms with Crippen LogP contribution in [0, 0.1) is 5.82 Å². The van der Waals surface area contributed by atoms with E-state index in [2.05, 4.69) is 0 Å². The van der Waals surface area contributed by atoms with Crippen molar-refractivity contribution in [1.29, 1.82) is 0 Å². The third-order valence-electron chi connectivity index (χ3n) is 2.11. The van der Waals surface area contributed by atoms with Crippen LogP contribution >= 0.6 is 11.8 Å². The molecule has 0 unspecified atom stereocenters. The highest BCUT2D eigenvalue weighted by Crippen LogP contribution is 2.30. The van der Waals surface area contributed by atoms with Gasteiger partial charge in [-0.2, -0.15) is 0 Å². The Bertz CT molecular complexity index is 482. The Hall–Kier alpha value is -1.22. The van der Waals surface area contributed by atoms with Gasteiger partial charge in [0.1, 0.15) is 11.6 Å². The maximum Gasteiger partial charge on any atom is 0.137 e. The van der Waals surface area contributed by atoms with Gasteiger partial charge in [-0.3, -0.25) is 0 Å². The summed E-state index contributed by atoms with van der Waals surface area (Å²) in [7, 11) is 0. The summed E-state index contributed by atoms with van der Waals surface area (Å²) in [6.45, 7) is 0. The van der Waals surface area contributed by atoms with Crippen LogP contribution in [0.4, 0.5) is 4.39 Å². The normalized spacial score (nSPS) is 10.7. The third kappa shape index (κ3) is 1.44. The van der Waals surface area contributed by atoms with E-state index in [9.17, 15) is 9.50 Å². The van der Waals surface area contributed by atoms with E-state index in [1.54, 1.807) is 24.3 Å². The second-order valence-electron chi connectivity index (χ2n) is 2.99. The van der Waals surface area contributed by atoms with E-state index >= 15 is 0 Å². The van der Waals surface area contributed by atoms with E-state index in [-0.39, 0.29) is 11.6 Å². The quantitative estimate of drug-likeness (QED) is 0.725. The number of hydrogen-bond donors (Lipinski definition) is 1. The summed E-state index contributed by atoms with van der Waals surface area (Å²) in [5, 5.41) is 11.0. The number of benzene rings is 2. The van der Waals surface area contributed by atoms with Gasteiger partial charge < -0.3 is 5.11 Å². The molecule has 1 nitrogen and oxygen atoms in total. The number of fused-ring (bicyclic) bond motifs is 1. The van der Waals surface area contributed by atoms with Crippen molar-refractivity contribution in [3.05, 3.63) is 36.1 Å². The van der Waals surface area contributed by atoms with E-state index in [0.29, 0.717) is 4.90 Å². The molecule has 72 valence electrons. The minimum absolute atomic E-state index is 0.205. The van der Waals surface area contributed by atoms with Crippen molar-refractivity contribution >= 4 is 22.5 Å². The van der Waals surface area contributed by atoms with Gasteiger partial charge in [0.25, 0.3) is 0 Å². The van der Waals surface area contributed by atoms with Crippen molar-refractivity contribution in [2.24, 2.45) is 0 Å². The SMILES string of the molecule is CSc1c(F)ccc2cc(O)ccc12. The van der Waals surface area contributed by atoms with Crippen molar-refractivity contribution in [2.75, 3.05) is 6.26 Å². The highest BCUT2D eigenvalue weighted by atomic mass is 32.2. The van der Waals surface area contributed by atoms with Crippen molar-refractivity contribution in [1.82, 2.24) is 0 Å². The lowest BCUT2D eigenvalue weighted by Crippen LogP contribution is -1.83. The van der Waals surface area contributed by atoms with E-state index in [1.165, 1.54) is 17.8 Å². The summed E-state index contributed by atoms with van der Waals surface area (Å²) in [6.07, 6.45) is 1.84. The van der Waals surface area contributed by atoms with Gasteiger partial charge in [-0.25, -0.2) is 4.39 Å². The van der Waals surface area contributed by atoms with Crippen LogP contribution in [-0.2, 0) is 0 Å². The fourth-order valence-electron chi connectivity index (χ4n) is 1.47. The standard InChI is InChI=1S/C11H9FOS/c1-14-11-9-4-3-8(13)6-7(9)2-5-10(11)12/h2-6,13H,1H3. The van der Waals surface area contributed by atoms with Crippen molar-refractivity contribution < 1.29 is 9.50 Å². The van der Waals surface area contributed by atoms with Crippen LogP contribution < -0.4 is 0 Å². The van der Waals surface area contributed by atoms with Crippen molar-refractivity contribution in [3.8, 4) is 5.75 Å². The predicted octanol–water partition coefficient (Wildman–Crippen LogP) is 3.41. The molecule has 0 aromatic heterocycles. The van der Waals surface area contributed by atoms with E-state index in [0.717, 1.165) is 10.8 Å². The predicted molar refractivity (Wildman–Crippen MR) is 57.4 cm³/mol. The summed E-state index contributed by atoms with van der Waals surface area (Å²) >= 11 is 1.37. The van der Waals surface area contributed by atoms with Crippen molar-refractivity contribution in [2.45, 2.75) is 4.90 Å². The van der Waals surface area contributed by atoms with Crippen LogP contribution in [0.15, 0.2) is 35.2 Å². The van der Waals surface area contributed by atoms with E-state index in [1.807, 2.05) is 6.26 Å². The molecule has 0 radical (unpaired) electrons. The van der Waals surface area contributed by atoms with Gasteiger partial charge in [-0.1, -0.05) is 6.07 Å². The molecule has 0 heterocycles. The number of hydrogen-bond acceptors (Lipinski definition) is 2. The molecule has 1 N–H and O–H groups in total. The minimum Gasteiger partial charge on any atom is -0.508 e. The molecule has 0 aliphatic rings. The van der Waals surface area contributed by atoms with E-state index in [4.69, 9.17) is 0 Å². The van der Waals surface area contributed by atoms with Crippen LogP contribution in [0.2, 0.25) is 0 Å². The van der Waals surface area contributed by atoms with Crippen molar-refractivity contribution in [3.63, 3.8) is 0 Å². The minimum atomic E-state index is -0.212. The number of thioether (sulfide) groups is 1. The number of phenolic OH excluding ortho intramolecular Hbond substituents is 1. The van der Waals surface area contributed by atoms with Gasteiger partial charge in [0.05, 0.1) is 4.90 Å². The Labute approximate surface area is 85.6 Å². The highest BCUT2D eigenvalue weighted by molar-refractivity contribution is 7.98. The van der Waals surface area contributed by atoms with Crippen LogP contribution in [0.25, 0.3) is 10.8 Å². The first-order valence-corrected chi connectivity index (χ1v) is 5.40. The third-order valence-corrected chi connectivity index (χ3v) is 2.93. The molecule has 0 aliphatic heterocycles. The van der Waals surface area contributed by atoms with Gasteiger partial charge in [-0.15, -0.1) is 11.8 Å². The number of halogens is 1. The summed E-state index contributed by atoms with van der Waals surface area (Å²) in [5.41, 5.74) is 0. The molecule has 3 heteroatoms. The van der Waals surface area contributed by atoms with Gasteiger partial charge >= 0.3 is 0 Å². The molecule has 0 amide bonds. The largest absolute Gasteiger partial charge is 0.508 e. The number of aromatic hydroxyl groups is 1. The molecule has 0 saturated carbocycles. The second-order valence-corrected chi connectivity index (χ2v) is 3.80. The number of rotatable bonds is 1. The maximum atomic E-state index is 13.3. The van der Waals surface area contributed by atoms with Crippen LogP contribution in [0.3, 0.4) is 0 Å². The lowest BCUT2D eigenvalue weighted by Gasteiger charge is -2.05. The first-order valence-electron chi connectivity index (χ1n) is 4.17. The molecule has 0 bridgehead atoms. The average molecular weight is 208 g/mol. The molecule has 2 aromatic carbocycles. The lowest BCUT2D eigenvalue weighted by molar-refractivity contribution is 0.476. The molecule has 0 spiro atoms. The Morgan fingerprint density at radius 1 is 1.21 bits per heavy atom.